The molecule has 3 nitrogen and oxygen atoms in total. The number of hydrogen-bond donors (Lipinski definition) is 1. The summed E-state index contributed by atoms with van der Waals surface area (Å²) in [5.41, 5.74) is 1.07. The number of carbonyl (C=O) groups is 1. The van der Waals surface area contributed by atoms with E-state index in [1.807, 2.05) is 16.4 Å². The molecule has 1 N–H and O–H groups in total. The van der Waals surface area contributed by atoms with Gasteiger partial charge in [0.25, 0.3) is 0 Å². The fourth-order valence-electron chi connectivity index (χ4n) is 2.93. The number of rotatable bonds is 6. The van der Waals surface area contributed by atoms with E-state index in [1.54, 1.807) is 11.3 Å². The maximum atomic E-state index is 12.3. The van der Waals surface area contributed by atoms with Crippen LogP contribution in [0.25, 0.3) is 0 Å². The van der Waals surface area contributed by atoms with Gasteiger partial charge in [-0.1, -0.05) is 6.08 Å². The van der Waals surface area contributed by atoms with Crippen molar-refractivity contribution in [2.45, 2.75) is 32.1 Å². The maximum Gasteiger partial charge on any atom is 0.222 e. The summed E-state index contributed by atoms with van der Waals surface area (Å²) in [5, 5.41) is 13.8. The van der Waals surface area contributed by atoms with Gasteiger partial charge in [0, 0.05) is 24.9 Å². The molecule has 20 heavy (non-hydrogen) atoms. The Morgan fingerprint density at radius 2 is 2.45 bits per heavy atom. The Labute approximate surface area is 124 Å². The largest absolute Gasteiger partial charge is 0.396 e. The van der Waals surface area contributed by atoms with Gasteiger partial charge in [-0.2, -0.15) is 11.3 Å². The van der Waals surface area contributed by atoms with Crippen molar-refractivity contribution < 1.29 is 9.90 Å². The Bertz CT molecular complexity index is 443. The van der Waals surface area contributed by atoms with E-state index in [0.29, 0.717) is 13.0 Å². The van der Waals surface area contributed by atoms with Crippen molar-refractivity contribution in [3.05, 3.63) is 35.0 Å². The Kier molecular flexibility index (Phi) is 5.38. The summed E-state index contributed by atoms with van der Waals surface area (Å²) in [4.78, 5) is 14.2. The first-order chi connectivity index (χ1) is 9.69. The van der Waals surface area contributed by atoms with Crippen molar-refractivity contribution in [3.63, 3.8) is 0 Å². The zero-order chi connectivity index (χ0) is 14.4. The van der Waals surface area contributed by atoms with Crippen LogP contribution in [0.2, 0.25) is 0 Å². The van der Waals surface area contributed by atoms with E-state index in [-0.39, 0.29) is 17.9 Å². The molecule has 1 amide bonds. The van der Waals surface area contributed by atoms with Gasteiger partial charge in [0.1, 0.15) is 0 Å². The molecule has 0 unspecified atom stereocenters. The lowest BCUT2D eigenvalue weighted by atomic mass is 9.77. The number of amides is 1. The van der Waals surface area contributed by atoms with Gasteiger partial charge in [-0.15, -0.1) is 6.58 Å². The number of hydrogen-bond acceptors (Lipinski definition) is 3. The lowest BCUT2D eigenvalue weighted by Crippen LogP contribution is -2.47. The molecule has 1 saturated heterocycles. The Balaban J connectivity index is 1.90. The lowest BCUT2D eigenvalue weighted by Gasteiger charge is -2.41. The van der Waals surface area contributed by atoms with Crippen LogP contribution in [0.3, 0.4) is 0 Å². The molecule has 1 aromatic rings. The van der Waals surface area contributed by atoms with Gasteiger partial charge in [-0.05, 0) is 48.1 Å². The molecule has 2 rings (SSSR count). The van der Waals surface area contributed by atoms with Gasteiger partial charge in [0.15, 0.2) is 0 Å². The quantitative estimate of drug-likeness (QED) is 0.819. The van der Waals surface area contributed by atoms with Gasteiger partial charge in [-0.3, -0.25) is 4.79 Å². The van der Waals surface area contributed by atoms with E-state index in [4.69, 9.17) is 0 Å². The number of piperidine rings is 1. The van der Waals surface area contributed by atoms with Crippen molar-refractivity contribution in [1.29, 1.82) is 0 Å². The average molecular weight is 293 g/mol. The number of allylic oxidation sites excluding steroid dienone is 1. The second kappa shape index (κ2) is 7.04. The van der Waals surface area contributed by atoms with E-state index in [2.05, 4.69) is 18.0 Å². The second-order valence-electron chi connectivity index (χ2n) is 5.70. The van der Waals surface area contributed by atoms with Crippen molar-refractivity contribution in [2.24, 2.45) is 5.41 Å². The maximum absolute atomic E-state index is 12.3. The van der Waals surface area contributed by atoms with Crippen LogP contribution in [-0.4, -0.2) is 35.6 Å². The molecular formula is C16H23NO2S. The smallest absolute Gasteiger partial charge is 0.222 e. The van der Waals surface area contributed by atoms with E-state index >= 15 is 0 Å². The van der Waals surface area contributed by atoms with Gasteiger partial charge in [0.05, 0.1) is 6.61 Å². The second-order valence-corrected chi connectivity index (χ2v) is 6.48. The summed E-state index contributed by atoms with van der Waals surface area (Å²) >= 11 is 1.67. The standard InChI is InChI=1S/C16H23NO2S/c1-2-7-16(13-18)8-3-9-17(12-16)15(19)5-4-14-6-10-20-11-14/h2,6,10-11,18H,1,3-5,7-9,12-13H2/t16-/m1/s1. The first-order valence-electron chi connectivity index (χ1n) is 7.20. The number of likely N-dealkylation sites (tertiary alicyclic amines) is 1. The monoisotopic (exact) mass is 293 g/mol. The van der Waals surface area contributed by atoms with E-state index in [1.165, 1.54) is 5.56 Å². The predicted molar refractivity (Wildman–Crippen MR) is 82.8 cm³/mol. The number of aliphatic hydroxyl groups excluding tert-OH is 1. The Hall–Kier alpha value is -1.13. The third-order valence-corrected chi connectivity index (χ3v) is 4.87. The van der Waals surface area contributed by atoms with Crippen LogP contribution in [-0.2, 0) is 11.2 Å². The number of aryl methyl sites for hydroxylation is 1. The highest BCUT2D eigenvalue weighted by Crippen LogP contribution is 2.33. The minimum atomic E-state index is -0.169. The molecule has 0 aromatic carbocycles. The van der Waals surface area contributed by atoms with E-state index in [9.17, 15) is 9.90 Å². The normalized spacial score (nSPS) is 22.8. The summed E-state index contributed by atoms with van der Waals surface area (Å²) in [6.07, 6.45) is 5.95. The SMILES string of the molecule is C=CC[C@@]1(CO)CCCN(C(=O)CCc2ccsc2)C1. The molecule has 1 aliphatic rings. The highest BCUT2D eigenvalue weighted by molar-refractivity contribution is 7.07. The van der Waals surface area contributed by atoms with Crippen molar-refractivity contribution in [3.8, 4) is 0 Å². The summed E-state index contributed by atoms with van der Waals surface area (Å²) in [6.45, 7) is 5.39. The molecule has 110 valence electrons. The van der Waals surface area contributed by atoms with Crippen LogP contribution < -0.4 is 0 Å². The predicted octanol–water partition coefficient (Wildman–Crippen LogP) is 2.86. The van der Waals surface area contributed by atoms with E-state index in [0.717, 1.165) is 32.2 Å². The molecule has 0 spiro atoms. The fraction of sp³-hybridized carbons (Fsp3) is 0.562. The Morgan fingerprint density at radius 1 is 1.60 bits per heavy atom. The summed E-state index contributed by atoms with van der Waals surface area (Å²) in [6, 6.07) is 2.07. The minimum absolute atomic E-state index is 0.132. The molecule has 0 radical (unpaired) electrons. The third-order valence-electron chi connectivity index (χ3n) is 4.13. The van der Waals surface area contributed by atoms with Gasteiger partial charge in [-0.25, -0.2) is 0 Å². The number of thiophene rings is 1. The minimum Gasteiger partial charge on any atom is -0.396 e. The van der Waals surface area contributed by atoms with Crippen LogP contribution in [0, 0.1) is 5.41 Å². The van der Waals surface area contributed by atoms with Gasteiger partial charge in [0.2, 0.25) is 5.91 Å². The molecule has 1 atom stereocenters. The van der Waals surface area contributed by atoms with E-state index < -0.39 is 0 Å². The molecule has 4 heteroatoms. The molecular weight excluding hydrogens is 270 g/mol. The zero-order valence-electron chi connectivity index (χ0n) is 11.9. The fourth-order valence-corrected chi connectivity index (χ4v) is 3.63. The van der Waals surface area contributed by atoms with Crippen LogP contribution in [0.4, 0.5) is 0 Å². The molecule has 0 bridgehead atoms. The number of carbonyl (C=O) groups excluding carboxylic acids is 1. The first kappa shape index (κ1) is 15.3. The molecule has 0 aliphatic carbocycles. The molecule has 0 saturated carbocycles. The number of aliphatic hydroxyl groups is 1. The summed E-state index contributed by atoms with van der Waals surface area (Å²) in [5.74, 6) is 0.206. The Morgan fingerprint density at radius 3 is 3.10 bits per heavy atom. The van der Waals surface area contributed by atoms with Crippen LogP contribution in [0.1, 0.15) is 31.2 Å². The molecule has 1 fully saturated rings. The highest BCUT2D eigenvalue weighted by atomic mass is 32.1. The van der Waals surface area contributed by atoms with Crippen molar-refractivity contribution >= 4 is 17.2 Å². The van der Waals surface area contributed by atoms with Gasteiger partial charge < -0.3 is 10.0 Å². The highest BCUT2D eigenvalue weighted by Gasteiger charge is 2.35. The van der Waals surface area contributed by atoms with Crippen LogP contribution in [0.5, 0.6) is 0 Å². The summed E-state index contributed by atoms with van der Waals surface area (Å²) in [7, 11) is 0. The zero-order valence-corrected chi connectivity index (χ0v) is 12.7. The molecule has 1 aliphatic heterocycles. The van der Waals surface area contributed by atoms with Gasteiger partial charge >= 0.3 is 0 Å². The molecule has 1 aromatic heterocycles. The van der Waals surface area contributed by atoms with Crippen molar-refractivity contribution in [2.75, 3.05) is 19.7 Å². The summed E-state index contributed by atoms with van der Waals surface area (Å²) < 4.78 is 0. The lowest BCUT2D eigenvalue weighted by molar-refractivity contribution is -0.135. The van der Waals surface area contributed by atoms with Crippen molar-refractivity contribution in [1.82, 2.24) is 4.90 Å². The van der Waals surface area contributed by atoms with Crippen LogP contribution in [0.15, 0.2) is 29.5 Å². The van der Waals surface area contributed by atoms with Crippen LogP contribution >= 0.6 is 11.3 Å². The first-order valence-corrected chi connectivity index (χ1v) is 8.14. The average Bonchev–Trinajstić information content (AvgIpc) is 2.98. The third kappa shape index (κ3) is 3.70. The number of nitrogens with zero attached hydrogens (tertiary/aromatic N) is 1. The topological polar surface area (TPSA) is 40.5 Å². The molecule has 2 heterocycles.